The Balaban J connectivity index is 0.000000243. The van der Waals surface area contributed by atoms with Crippen molar-refractivity contribution in [2.75, 3.05) is 0 Å². The van der Waals surface area contributed by atoms with E-state index >= 15 is 0 Å². The Labute approximate surface area is 150 Å². The summed E-state index contributed by atoms with van der Waals surface area (Å²) in [5.74, 6) is -0.962. The largest absolute Gasteiger partial charge is 0.478 e. The van der Waals surface area contributed by atoms with Crippen molar-refractivity contribution in [3.63, 3.8) is 0 Å². The molecule has 0 saturated carbocycles. The van der Waals surface area contributed by atoms with Crippen molar-refractivity contribution in [3.05, 3.63) is 67.7 Å². The van der Waals surface area contributed by atoms with Crippen molar-refractivity contribution in [1.29, 1.82) is 10.5 Å². The SMILES string of the molecule is Cc1cc(Br)cc(C)c1C#N.Cc1cc(C(=O)O)cc(C)c1C#N. The Bertz CT molecular complexity index is 828. The van der Waals surface area contributed by atoms with Crippen LogP contribution in [0.3, 0.4) is 0 Å². The van der Waals surface area contributed by atoms with Gasteiger partial charge in [-0.05, 0) is 74.2 Å². The van der Waals surface area contributed by atoms with Gasteiger partial charge in [0.1, 0.15) is 0 Å². The van der Waals surface area contributed by atoms with Crippen molar-refractivity contribution >= 4 is 21.9 Å². The number of carboxylic acid groups (broad SMARTS) is 1. The number of halogens is 1. The van der Waals surface area contributed by atoms with Gasteiger partial charge in [0, 0.05) is 4.47 Å². The number of nitrogens with zero attached hydrogens (tertiary/aromatic N) is 2. The Kier molecular flexibility index (Phi) is 6.70. The molecule has 0 aliphatic heterocycles. The monoisotopic (exact) mass is 384 g/mol. The summed E-state index contributed by atoms with van der Waals surface area (Å²) >= 11 is 3.37. The molecule has 0 aliphatic carbocycles. The lowest BCUT2D eigenvalue weighted by molar-refractivity contribution is 0.0696. The Morgan fingerprint density at radius 1 is 0.875 bits per heavy atom. The third-order valence-electron chi connectivity index (χ3n) is 3.50. The highest BCUT2D eigenvalue weighted by molar-refractivity contribution is 9.10. The van der Waals surface area contributed by atoms with Crippen LogP contribution >= 0.6 is 15.9 Å². The molecule has 5 heteroatoms. The number of aryl methyl sites for hydroxylation is 4. The van der Waals surface area contributed by atoms with Gasteiger partial charge in [0.2, 0.25) is 0 Å². The molecule has 0 atom stereocenters. The van der Waals surface area contributed by atoms with Crippen LogP contribution in [-0.4, -0.2) is 11.1 Å². The second-order valence-electron chi connectivity index (χ2n) is 5.43. The molecular weight excluding hydrogens is 368 g/mol. The summed E-state index contributed by atoms with van der Waals surface area (Å²) in [6.45, 7) is 7.35. The molecule has 0 bridgehead atoms. The maximum absolute atomic E-state index is 10.6. The van der Waals surface area contributed by atoms with Gasteiger partial charge in [-0.15, -0.1) is 0 Å². The summed E-state index contributed by atoms with van der Waals surface area (Å²) in [7, 11) is 0. The van der Waals surface area contributed by atoms with Gasteiger partial charge < -0.3 is 5.11 Å². The zero-order valence-electron chi connectivity index (χ0n) is 13.9. The van der Waals surface area contributed by atoms with E-state index in [2.05, 4.69) is 22.0 Å². The van der Waals surface area contributed by atoms with E-state index in [0.717, 1.165) is 21.2 Å². The lowest BCUT2D eigenvalue weighted by Gasteiger charge is -2.03. The predicted molar refractivity (Wildman–Crippen MR) is 95.9 cm³/mol. The van der Waals surface area contributed by atoms with Crippen LogP contribution in [0.1, 0.15) is 43.7 Å². The topological polar surface area (TPSA) is 84.9 Å². The highest BCUT2D eigenvalue weighted by Gasteiger charge is 2.08. The van der Waals surface area contributed by atoms with E-state index < -0.39 is 5.97 Å². The number of benzene rings is 2. The van der Waals surface area contributed by atoms with E-state index in [1.807, 2.05) is 32.0 Å². The number of carbonyl (C=O) groups is 1. The average Bonchev–Trinajstić information content (AvgIpc) is 2.46. The number of rotatable bonds is 1. The summed E-state index contributed by atoms with van der Waals surface area (Å²) in [6, 6.07) is 11.1. The van der Waals surface area contributed by atoms with E-state index in [0.29, 0.717) is 16.7 Å². The lowest BCUT2D eigenvalue weighted by atomic mass is 10.0. The molecule has 4 nitrogen and oxygen atoms in total. The molecule has 0 radical (unpaired) electrons. The minimum Gasteiger partial charge on any atom is -0.478 e. The van der Waals surface area contributed by atoms with Crippen LogP contribution in [0, 0.1) is 50.4 Å². The number of nitriles is 2. The summed E-state index contributed by atoms with van der Waals surface area (Å²) in [4.78, 5) is 10.6. The molecule has 0 saturated heterocycles. The Hall–Kier alpha value is -2.63. The van der Waals surface area contributed by atoms with Gasteiger partial charge in [-0.25, -0.2) is 4.79 Å². The van der Waals surface area contributed by atoms with Crippen LogP contribution in [0.15, 0.2) is 28.7 Å². The number of aromatic carboxylic acids is 1. The first-order valence-corrected chi connectivity index (χ1v) is 7.92. The molecule has 0 fully saturated rings. The van der Waals surface area contributed by atoms with Gasteiger partial charge in [-0.2, -0.15) is 10.5 Å². The third-order valence-corrected chi connectivity index (χ3v) is 3.96. The highest BCUT2D eigenvalue weighted by atomic mass is 79.9. The van der Waals surface area contributed by atoms with Crippen LogP contribution in [0.25, 0.3) is 0 Å². The normalized spacial score (nSPS) is 9.29. The fourth-order valence-electron chi connectivity index (χ4n) is 2.35. The smallest absolute Gasteiger partial charge is 0.335 e. The summed E-state index contributed by atoms with van der Waals surface area (Å²) in [6.07, 6.45) is 0. The first kappa shape index (κ1) is 19.4. The first-order valence-electron chi connectivity index (χ1n) is 7.12. The van der Waals surface area contributed by atoms with Crippen molar-refractivity contribution in [2.24, 2.45) is 0 Å². The van der Waals surface area contributed by atoms with Crippen LogP contribution < -0.4 is 0 Å². The molecule has 1 N–H and O–H groups in total. The van der Waals surface area contributed by atoms with Crippen molar-refractivity contribution < 1.29 is 9.90 Å². The highest BCUT2D eigenvalue weighted by Crippen LogP contribution is 2.19. The van der Waals surface area contributed by atoms with Crippen LogP contribution in [0.5, 0.6) is 0 Å². The number of hydrogen-bond donors (Lipinski definition) is 1. The molecule has 0 spiro atoms. The first-order chi connectivity index (χ1) is 11.2. The van der Waals surface area contributed by atoms with E-state index in [9.17, 15) is 4.79 Å². The van der Waals surface area contributed by atoms with E-state index in [1.165, 1.54) is 12.1 Å². The maximum atomic E-state index is 10.6. The standard InChI is InChI=1S/C10H9NO2.C9H8BrN/c1-6-3-8(10(12)13)4-7(2)9(6)5-11;1-6-3-8(10)4-7(2)9(6)5-11/h3-4H,1-2H3,(H,12,13);3-4H,1-2H3. The number of hydrogen-bond acceptors (Lipinski definition) is 3. The molecule has 2 aromatic rings. The molecule has 0 unspecified atom stereocenters. The van der Waals surface area contributed by atoms with Crippen molar-refractivity contribution in [2.45, 2.75) is 27.7 Å². The Morgan fingerprint density at radius 2 is 1.21 bits per heavy atom. The zero-order chi connectivity index (χ0) is 18.4. The molecule has 0 aliphatic rings. The second kappa shape index (κ2) is 8.29. The fourth-order valence-corrected chi connectivity index (χ4v) is 3.04. The maximum Gasteiger partial charge on any atom is 0.335 e. The quantitative estimate of drug-likeness (QED) is 0.763. The molecule has 0 heterocycles. The third kappa shape index (κ3) is 4.68. The molecule has 24 heavy (non-hydrogen) atoms. The van der Waals surface area contributed by atoms with Crippen LogP contribution in [0.4, 0.5) is 0 Å². The van der Waals surface area contributed by atoms with Crippen molar-refractivity contribution in [3.8, 4) is 12.1 Å². The zero-order valence-corrected chi connectivity index (χ0v) is 15.5. The van der Waals surface area contributed by atoms with Gasteiger partial charge >= 0.3 is 5.97 Å². The molecule has 0 aromatic heterocycles. The van der Waals surface area contributed by atoms with Gasteiger partial charge in [-0.1, -0.05) is 15.9 Å². The van der Waals surface area contributed by atoms with Crippen molar-refractivity contribution in [1.82, 2.24) is 0 Å². The van der Waals surface area contributed by atoms with Gasteiger partial charge in [0.25, 0.3) is 0 Å². The van der Waals surface area contributed by atoms with E-state index in [1.54, 1.807) is 13.8 Å². The second-order valence-corrected chi connectivity index (χ2v) is 6.34. The molecular formula is C19H17BrN2O2. The molecule has 0 amide bonds. The Morgan fingerprint density at radius 3 is 1.50 bits per heavy atom. The van der Waals surface area contributed by atoms with Crippen LogP contribution in [-0.2, 0) is 0 Å². The van der Waals surface area contributed by atoms with Gasteiger partial charge in [0.05, 0.1) is 28.8 Å². The molecule has 2 aromatic carbocycles. The van der Waals surface area contributed by atoms with E-state index in [-0.39, 0.29) is 5.56 Å². The minimum absolute atomic E-state index is 0.231. The molecule has 122 valence electrons. The number of carboxylic acids is 1. The fraction of sp³-hybridized carbons (Fsp3) is 0.211. The summed E-state index contributed by atoms with van der Waals surface area (Å²) < 4.78 is 1.03. The average molecular weight is 385 g/mol. The summed E-state index contributed by atoms with van der Waals surface area (Å²) in [5.41, 5.74) is 5.05. The summed E-state index contributed by atoms with van der Waals surface area (Å²) in [5, 5.41) is 26.2. The molecule has 2 rings (SSSR count). The lowest BCUT2D eigenvalue weighted by Crippen LogP contribution is -1.99. The van der Waals surface area contributed by atoms with Gasteiger partial charge in [-0.3, -0.25) is 0 Å². The van der Waals surface area contributed by atoms with Gasteiger partial charge in [0.15, 0.2) is 0 Å². The van der Waals surface area contributed by atoms with E-state index in [4.69, 9.17) is 15.6 Å². The predicted octanol–water partition coefficient (Wildman–Crippen LogP) is 4.81. The van der Waals surface area contributed by atoms with Crippen LogP contribution in [0.2, 0.25) is 0 Å². The minimum atomic E-state index is -0.962.